The molecule has 0 aliphatic heterocycles. The van der Waals surface area contributed by atoms with Crippen LogP contribution >= 0.6 is 15.9 Å². The largest absolute Gasteiger partial charge is 0.497 e. The molecule has 0 bridgehead atoms. The summed E-state index contributed by atoms with van der Waals surface area (Å²) in [6, 6.07) is 17.7. The number of nitrogens with zero attached hydrogens (tertiary/aromatic N) is 2. The molecule has 0 spiro atoms. The Morgan fingerprint density at radius 2 is 1.84 bits per heavy atom. The van der Waals surface area contributed by atoms with Crippen LogP contribution in [0.4, 0.5) is 5.69 Å². The van der Waals surface area contributed by atoms with Gasteiger partial charge in [0, 0.05) is 6.07 Å². The third-order valence-electron chi connectivity index (χ3n) is 4.96. The number of methoxy groups -OCH3 is 2. The number of rotatable bonds is 12. The molecule has 0 aliphatic rings. The molecule has 0 fully saturated rings. The summed E-state index contributed by atoms with van der Waals surface area (Å²) in [5.74, 6) is 0.769. The van der Waals surface area contributed by atoms with Gasteiger partial charge >= 0.3 is 0 Å². The van der Waals surface area contributed by atoms with Crippen LogP contribution in [0.2, 0.25) is 0 Å². The molecule has 9 nitrogen and oxygen atoms in total. The molecule has 0 aliphatic carbocycles. The summed E-state index contributed by atoms with van der Waals surface area (Å²) in [6.45, 7) is 3.42. The van der Waals surface area contributed by atoms with Crippen molar-refractivity contribution < 1.29 is 27.4 Å². The molecular formula is C26H26BrN3O6S. The lowest BCUT2D eigenvalue weighted by atomic mass is 10.2. The Bertz CT molecular complexity index is 1380. The maximum Gasteiger partial charge on any atom is 0.264 e. The van der Waals surface area contributed by atoms with E-state index in [2.05, 4.69) is 33.0 Å². The molecule has 0 atom stereocenters. The molecule has 0 radical (unpaired) electrons. The molecule has 11 heteroatoms. The van der Waals surface area contributed by atoms with Crippen molar-refractivity contribution in [1.29, 1.82) is 0 Å². The van der Waals surface area contributed by atoms with E-state index in [1.807, 2.05) is 0 Å². The molecule has 3 aromatic rings. The van der Waals surface area contributed by atoms with Gasteiger partial charge in [-0.1, -0.05) is 36.9 Å². The van der Waals surface area contributed by atoms with Gasteiger partial charge in [0.25, 0.3) is 15.9 Å². The number of carbonyl (C=O) groups is 1. The number of sulfonamides is 1. The number of amides is 1. The monoisotopic (exact) mass is 587 g/mol. The summed E-state index contributed by atoms with van der Waals surface area (Å²) in [5, 5.41) is 3.98. The van der Waals surface area contributed by atoms with Gasteiger partial charge in [-0.2, -0.15) is 5.10 Å². The highest BCUT2D eigenvalue weighted by molar-refractivity contribution is 9.10. The van der Waals surface area contributed by atoms with E-state index in [0.717, 1.165) is 4.31 Å². The Balaban J connectivity index is 1.82. The summed E-state index contributed by atoms with van der Waals surface area (Å²) >= 11 is 3.43. The molecule has 1 N–H and O–H groups in total. The van der Waals surface area contributed by atoms with E-state index >= 15 is 0 Å². The molecular weight excluding hydrogens is 562 g/mol. The Morgan fingerprint density at radius 3 is 2.51 bits per heavy atom. The molecule has 0 saturated carbocycles. The highest BCUT2D eigenvalue weighted by Gasteiger charge is 2.27. The fourth-order valence-corrected chi connectivity index (χ4v) is 5.25. The number of carbonyl (C=O) groups excluding carboxylic acids is 1. The summed E-state index contributed by atoms with van der Waals surface area (Å²) in [7, 11) is -1.08. The zero-order chi connectivity index (χ0) is 26.8. The topological polar surface area (TPSA) is 107 Å². The van der Waals surface area contributed by atoms with Crippen LogP contribution in [0.15, 0.2) is 93.9 Å². The normalized spacial score (nSPS) is 11.1. The number of anilines is 1. The van der Waals surface area contributed by atoms with Gasteiger partial charge in [0.1, 0.15) is 18.9 Å². The highest BCUT2D eigenvalue weighted by atomic mass is 79.9. The van der Waals surface area contributed by atoms with Crippen LogP contribution < -0.4 is 23.9 Å². The van der Waals surface area contributed by atoms with Crippen LogP contribution in [-0.2, 0) is 14.8 Å². The fraction of sp³-hybridized carbons (Fsp3) is 0.154. The second kappa shape index (κ2) is 12.9. The first kappa shape index (κ1) is 27.8. The first-order valence-electron chi connectivity index (χ1n) is 10.9. The van der Waals surface area contributed by atoms with Crippen LogP contribution in [0.25, 0.3) is 0 Å². The second-order valence-electron chi connectivity index (χ2n) is 7.45. The molecule has 37 heavy (non-hydrogen) atoms. The smallest absolute Gasteiger partial charge is 0.264 e. The third kappa shape index (κ3) is 7.11. The zero-order valence-electron chi connectivity index (χ0n) is 20.3. The van der Waals surface area contributed by atoms with Crippen molar-refractivity contribution in [2.24, 2.45) is 5.10 Å². The van der Waals surface area contributed by atoms with Gasteiger partial charge in [0.05, 0.1) is 35.5 Å². The van der Waals surface area contributed by atoms with Crippen molar-refractivity contribution in [2.45, 2.75) is 4.90 Å². The number of hydrogen-bond donors (Lipinski definition) is 1. The second-order valence-corrected chi connectivity index (χ2v) is 10.2. The van der Waals surface area contributed by atoms with E-state index < -0.39 is 22.5 Å². The minimum absolute atomic E-state index is 0.0461. The Morgan fingerprint density at radius 1 is 1.08 bits per heavy atom. The number of hydrogen-bond acceptors (Lipinski definition) is 7. The number of nitrogens with one attached hydrogen (secondary N) is 1. The molecule has 194 valence electrons. The van der Waals surface area contributed by atoms with Crippen molar-refractivity contribution in [3.63, 3.8) is 0 Å². The van der Waals surface area contributed by atoms with Crippen LogP contribution in [0.5, 0.6) is 17.2 Å². The predicted octanol–water partition coefficient (Wildman–Crippen LogP) is 4.38. The van der Waals surface area contributed by atoms with E-state index in [9.17, 15) is 13.2 Å². The highest BCUT2D eigenvalue weighted by Crippen LogP contribution is 2.36. The van der Waals surface area contributed by atoms with Gasteiger partial charge < -0.3 is 14.2 Å². The lowest BCUT2D eigenvalue weighted by Gasteiger charge is -2.24. The molecule has 0 saturated heterocycles. The number of ether oxygens (including phenoxy) is 3. The van der Waals surface area contributed by atoms with E-state index in [4.69, 9.17) is 14.2 Å². The first-order valence-corrected chi connectivity index (χ1v) is 13.2. The van der Waals surface area contributed by atoms with Crippen LogP contribution in [0.1, 0.15) is 5.56 Å². The lowest BCUT2D eigenvalue weighted by molar-refractivity contribution is -0.119. The first-order chi connectivity index (χ1) is 17.8. The van der Waals surface area contributed by atoms with Crippen LogP contribution in [-0.4, -0.2) is 47.9 Å². The van der Waals surface area contributed by atoms with Crippen molar-refractivity contribution in [2.75, 3.05) is 31.7 Å². The van der Waals surface area contributed by atoms with E-state index in [0.29, 0.717) is 33.9 Å². The van der Waals surface area contributed by atoms with E-state index in [1.54, 1.807) is 54.6 Å². The number of halogens is 1. The average molecular weight is 588 g/mol. The molecule has 0 unspecified atom stereocenters. The quantitative estimate of drug-likeness (QED) is 0.191. The van der Waals surface area contributed by atoms with Gasteiger partial charge in [0.2, 0.25) is 0 Å². The number of hydrazone groups is 1. The van der Waals surface area contributed by atoms with Crippen molar-refractivity contribution >= 4 is 43.8 Å². The maximum absolute atomic E-state index is 13.4. The molecule has 3 rings (SSSR count). The third-order valence-corrected chi connectivity index (χ3v) is 7.34. The van der Waals surface area contributed by atoms with Gasteiger partial charge in [-0.3, -0.25) is 9.10 Å². The molecule has 3 aromatic carbocycles. The molecule has 0 heterocycles. The van der Waals surface area contributed by atoms with Crippen LogP contribution in [0.3, 0.4) is 0 Å². The van der Waals surface area contributed by atoms with Crippen molar-refractivity contribution in [3.8, 4) is 17.2 Å². The molecule has 1 amide bonds. The predicted molar refractivity (Wildman–Crippen MR) is 146 cm³/mol. The van der Waals surface area contributed by atoms with Gasteiger partial charge in [0.15, 0.2) is 11.5 Å². The van der Waals surface area contributed by atoms with Crippen LogP contribution in [0, 0.1) is 0 Å². The van der Waals surface area contributed by atoms with E-state index in [1.165, 1.54) is 38.6 Å². The summed E-state index contributed by atoms with van der Waals surface area (Å²) in [4.78, 5) is 12.8. The SMILES string of the molecule is C=CCOc1c(Br)cc(/C=N\NC(=O)CN(c2cccc(OC)c2)S(=O)(=O)c2ccccc2)cc1OC. The Hall–Kier alpha value is -3.83. The molecule has 0 aromatic heterocycles. The average Bonchev–Trinajstić information content (AvgIpc) is 2.91. The summed E-state index contributed by atoms with van der Waals surface area (Å²) in [5.41, 5.74) is 3.26. The number of benzene rings is 3. The van der Waals surface area contributed by atoms with E-state index in [-0.39, 0.29) is 10.6 Å². The van der Waals surface area contributed by atoms with Crippen molar-refractivity contribution in [1.82, 2.24) is 5.43 Å². The minimum atomic E-state index is -4.06. The van der Waals surface area contributed by atoms with Crippen molar-refractivity contribution in [3.05, 3.63) is 89.4 Å². The zero-order valence-corrected chi connectivity index (χ0v) is 22.7. The minimum Gasteiger partial charge on any atom is -0.497 e. The maximum atomic E-state index is 13.4. The standard InChI is InChI=1S/C26H26BrN3O6S/c1-4-13-36-26-23(27)14-19(15-24(26)35-3)17-28-29-25(31)18-30(20-9-8-10-21(16-20)34-2)37(32,33)22-11-6-5-7-12-22/h4-12,14-17H,1,13,18H2,2-3H3,(H,29,31)/b28-17-. The Kier molecular flexibility index (Phi) is 9.70. The van der Waals surface area contributed by atoms with Gasteiger partial charge in [-0.25, -0.2) is 13.8 Å². The summed E-state index contributed by atoms with van der Waals surface area (Å²) in [6.07, 6.45) is 3.02. The Labute approximate surface area is 224 Å². The fourth-order valence-electron chi connectivity index (χ4n) is 3.24. The van der Waals surface area contributed by atoms with Gasteiger partial charge in [-0.05, 0) is 57.9 Å². The van der Waals surface area contributed by atoms with Gasteiger partial charge in [-0.15, -0.1) is 0 Å². The lowest BCUT2D eigenvalue weighted by Crippen LogP contribution is -2.39. The summed E-state index contributed by atoms with van der Waals surface area (Å²) < 4.78 is 44.6.